The Kier molecular flexibility index (Phi) is 4.50. The molecule has 1 aromatic carbocycles. The van der Waals surface area contributed by atoms with Crippen LogP contribution in [0.2, 0.25) is 0 Å². The number of amides is 2. The average Bonchev–Trinajstić information content (AvgIpc) is 3.11. The zero-order valence-corrected chi connectivity index (χ0v) is 14.9. The maximum absolute atomic E-state index is 12.7. The Labute approximate surface area is 156 Å². The number of pyridine rings is 1. The van der Waals surface area contributed by atoms with Crippen molar-refractivity contribution in [1.82, 2.24) is 14.9 Å². The minimum absolute atomic E-state index is 0.123. The number of benzene rings is 1. The van der Waals surface area contributed by atoms with Crippen LogP contribution in [0.15, 0.2) is 48.8 Å². The molecule has 0 atom stereocenters. The number of carbonyl (C=O) groups is 2. The summed E-state index contributed by atoms with van der Waals surface area (Å²) in [5, 5.41) is 1.09. The maximum Gasteiger partial charge on any atom is 0.248 e. The second-order valence-corrected chi connectivity index (χ2v) is 6.67. The largest absolute Gasteiger partial charge is 0.366 e. The molecule has 3 aromatic rings. The predicted octanol–water partition coefficient (Wildman–Crippen LogP) is 1.55. The lowest BCUT2D eigenvalue weighted by Crippen LogP contribution is -2.49. The number of aromatic amines is 1. The minimum atomic E-state index is -0.466. The molecule has 0 unspecified atom stereocenters. The van der Waals surface area contributed by atoms with E-state index in [0.29, 0.717) is 38.2 Å². The highest BCUT2D eigenvalue weighted by atomic mass is 16.2. The number of nitrogens with two attached hydrogens (primary N) is 1. The van der Waals surface area contributed by atoms with Crippen LogP contribution in [-0.2, 0) is 11.2 Å². The number of carbonyl (C=O) groups excluding carboxylic acids is 2. The molecule has 1 fully saturated rings. The summed E-state index contributed by atoms with van der Waals surface area (Å²) < 4.78 is 0. The lowest BCUT2D eigenvalue weighted by atomic mass is 10.1. The number of fused-ring (bicyclic) bond motifs is 1. The van der Waals surface area contributed by atoms with Gasteiger partial charge in [-0.25, -0.2) is 4.98 Å². The Balaban J connectivity index is 1.39. The van der Waals surface area contributed by atoms with Crippen molar-refractivity contribution in [3.05, 3.63) is 59.9 Å². The zero-order valence-electron chi connectivity index (χ0n) is 14.9. The molecule has 7 heteroatoms. The number of hydrogen-bond donors (Lipinski definition) is 2. The van der Waals surface area contributed by atoms with Gasteiger partial charge in [0, 0.05) is 55.0 Å². The molecule has 1 aliphatic heterocycles. The van der Waals surface area contributed by atoms with Crippen LogP contribution in [0.4, 0.5) is 5.82 Å². The summed E-state index contributed by atoms with van der Waals surface area (Å²) in [6, 6.07) is 11.3. The number of nitrogens with zero attached hydrogens (tertiary/aromatic N) is 3. The monoisotopic (exact) mass is 363 g/mol. The van der Waals surface area contributed by atoms with Gasteiger partial charge in [-0.15, -0.1) is 0 Å². The van der Waals surface area contributed by atoms with E-state index in [0.717, 1.165) is 22.3 Å². The van der Waals surface area contributed by atoms with E-state index in [2.05, 4.69) is 14.9 Å². The van der Waals surface area contributed by atoms with E-state index in [-0.39, 0.29) is 5.91 Å². The van der Waals surface area contributed by atoms with E-state index >= 15 is 0 Å². The average molecular weight is 363 g/mol. The van der Waals surface area contributed by atoms with Crippen molar-refractivity contribution in [3.63, 3.8) is 0 Å². The number of hydrogen-bond acceptors (Lipinski definition) is 4. The smallest absolute Gasteiger partial charge is 0.248 e. The Morgan fingerprint density at radius 1 is 1.11 bits per heavy atom. The van der Waals surface area contributed by atoms with E-state index in [9.17, 15) is 9.59 Å². The molecule has 1 saturated heterocycles. The van der Waals surface area contributed by atoms with E-state index in [1.54, 1.807) is 18.3 Å². The summed E-state index contributed by atoms with van der Waals surface area (Å²) in [6.07, 6.45) is 3.89. The van der Waals surface area contributed by atoms with Gasteiger partial charge in [0.05, 0.1) is 6.42 Å². The molecule has 27 heavy (non-hydrogen) atoms. The highest BCUT2D eigenvalue weighted by molar-refractivity contribution is 5.93. The van der Waals surface area contributed by atoms with E-state index in [1.165, 1.54) is 0 Å². The van der Waals surface area contributed by atoms with Gasteiger partial charge in [-0.1, -0.05) is 18.2 Å². The number of para-hydroxylation sites is 1. The maximum atomic E-state index is 12.7. The first-order valence-corrected chi connectivity index (χ1v) is 8.95. The van der Waals surface area contributed by atoms with Gasteiger partial charge in [-0.2, -0.15) is 0 Å². The SMILES string of the molecule is NC(=O)c1ccnc(N2CCN(C(=O)Cc3c[nH]c4ccccc34)CC2)c1. The highest BCUT2D eigenvalue weighted by Gasteiger charge is 2.23. The molecule has 1 aliphatic rings. The third kappa shape index (κ3) is 3.48. The molecular weight excluding hydrogens is 342 g/mol. The van der Waals surface area contributed by atoms with Crippen molar-refractivity contribution < 1.29 is 9.59 Å². The molecule has 0 bridgehead atoms. The lowest BCUT2D eigenvalue weighted by molar-refractivity contribution is -0.130. The Hall–Kier alpha value is -3.35. The number of rotatable bonds is 4. The summed E-state index contributed by atoms with van der Waals surface area (Å²) >= 11 is 0. The Morgan fingerprint density at radius 2 is 1.89 bits per heavy atom. The van der Waals surface area contributed by atoms with Gasteiger partial charge >= 0.3 is 0 Å². The van der Waals surface area contributed by atoms with E-state index in [1.807, 2.05) is 35.4 Å². The topological polar surface area (TPSA) is 95.3 Å². The summed E-state index contributed by atoms with van der Waals surface area (Å²) in [5.74, 6) is 0.375. The number of primary amides is 1. The van der Waals surface area contributed by atoms with Gasteiger partial charge in [-0.05, 0) is 23.8 Å². The second-order valence-electron chi connectivity index (χ2n) is 6.67. The molecule has 0 aliphatic carbocycles. The van der Waals surface area contributed by atoms with Gasteiger partial charge in [0.1, 0.15) is 5.82 Å². The molecule has 4 rings (SSSR count). The van der Waals surface area contributed by atoms with E-state index in [4.69, 9.17) is 5.73 Å². The molecule has 7 nitrogen and oxygen atoms in total. The quantitative estimate of drug-likeness (QED) is 0.735. The molecule has 0 spiro atoms. The fourth-order valence-corrected chi connectivity index (χ4v) is 3.48. The summed E-state index contributed by atoms with van der Waals surface area (Å²) in [7, 11) is 0. The van der Waals surface area contributed by atoms with Crippen molar-refractivity contribution in [2.24, 2.45) is 5.73 Å². The highest BCUT2D eigenvalue weighted by Crippen LogP contribution is 2.20. The van der Waals surface area contributed by atoms with Crippen LogP contribution in [0.5, 0.6) is 0 Å². The van der Waals surface area contributed by atoms with Gasteiger partial charge in [0.2, 0.25) is 11.8 Å². The number of anilines is 1. The van der Waals surface area contributed by atoms with Crippen molar-refractivity contribution in [1.29, 1.82) is 0 Å². The molecule has 3 heterocycles. The lowest BCUT2D eigenvalue weighted by Gasteiger charge is -2.35. The number of piperazine rings is 1. The molecule has 3 N–H and O–H groups in total. The van der Waals surface area contributed by atoms with Gasteiger partial charge < -0.3 is 20.5 Å². The number of H-pyrrole nitrogens is 1. The molecule has 138 valence electrons. The predicted molar refractivity (Wildman–Crippen MR) is 104 cm³/mol. The van der Waals surface area contributed by atoms with Crippen LogP contribution in [-0.4, -0.2) is 52.9 Å². The van der Waals surface area contributed by atoms with Gasteiger partial charge in [0.25, 0.3) is 0 Å². The molecular formula is C20H21N5O2. The van der Waals surface area contributed by atoms with Crippen LogP contribution >= 0.6 is 0 Å². The summed E-state index contributed by atoms with van der Waals surface area (Å²) in [5.41, 5.74) is 7.85. The Morgan fingerprint density at radius 3 is 2.67 bits per heavy atom. The van der Waals surface area contributed by atoms with Crippen molar-refractivity contribution in [2.75, 3.05) is 31.1 Å². The first-order chi connectivity index (χ1) is 13.1. The third-order valence-electron chi connectivity index (χ3n) is 5.00. The van der Waals surface area contributed by atoms with Crippen molar-refractivity contribution in [2.45, 2.75) is 6.42 Å². The van der Waals surface area contributed by atoms with Gasteiger partial charge in [-0.3, -0.25) is 9.59 Å². The molecule has 0 radical (unpaired) electrons. The molecule has 0 saturated carbocycles. The van der Waals surface area contributed by atoms with Crippen LogP contribution in [0.1, 0.15) is 15.9 Å². The molecule has 2 amide bonds. The van der Waals surface area contributed by atoms with E-state index < -0.39 is 5.91 Å². The van der Waals surface area contributed by atoms with Crippen LogP contribution in [0.3, 0.4) is 0 Å². The fraction of sp³-hybridized carbons (Fsp3) is 0.250. The molecule has 2 aromatic heterocycles. The van der Waals surface area contributed by atoms with Gasteiger partial charge in [0.15, 0.2) is 0 Å². The van der Waals surface area contributed by atoms with Crippen LogP contribution in [0, 0.1) is 0 Å². The Bertz CT molecular complexity index is 989. The third-order valence-corrected chi connectivity index (χ3v) is 5.00. The number of aromatic nitrogens is 2. The first-order valence-electron chi connectivity index (χ1n) is 8.95. The standard InChI is InChI=1S/C20H21N5O2/c21-20(27)14-5-6-22-18(11-14)24-7-9-25(10-8-24)19(26)12-15-13-23-17-4-2-1-3-16(15)17/h1-6,11,13,23H,7-10,12H2,(H2,21,27). The second kappa shape index (κ2) is 7.11. The minimum Gasteiger partial charge on any atom is -0.366 e. The summed E-state index contributed by atoms with van der Waals surface area (Å²) in [4.78, 5) is 35.5. The number of nitrogens with one attached hydrogen (secondary N) is 1. The fourth-order valence-electron chi connectivity index (χ4n) is 3.48. The van der Waals surface area contributed by atoms with Crippen LogP contribution < -0.4 is 10.6 Å². The zero-order chi connectivity index (χ0) is 18.8. The van der Waals surface area contributed by atoms with Crippen molar-refractivity contribution in [3.8, 4) is 0 Å². The van der Waals surface area contributed by atoms with Crippen molar-refractivity contribution >= 4 is 28.5 Å². The first kappa shape index (κ1) is 17.1. The normalized spacial score (nSPS) is 14.5. The van der Waals surface area contributed by atoms with Crippen LogP contribution in [0.25, 0.3) is 10.9 Å². The summed E-state index contributed by atoms with van der Waals surface area (Å²) in [6.45, 7) is 2.61.